The largest absolute Gasteiger partial charge is 0.495 e. The monoisotopic (exact) mass is 223 g/mol. The fraction of sp³-hybridized carbons (Fsp3) is 0.200. The number of methoxy groups -OCH3 is 1. The second kappa shape index (κ2) is 5.01. The van der Waals surface area contributed by atoms with Crippen LogP contribution in [0.2, 0.25) is 0 Å². The Morgan fingerprint density at radius 1 is 1.44 bits per heavy atom. The van der Waals surface area contributed by atoms with E-state index >= 15 is 0 Å². The summed E-state index contributed by atoms with van der Waals surface area (Å²) in [6, 6.07) is 4.55. The molecule has 0 atom stereocenters. The molecule has 0 fully saturated rings. The summed E-state index contributed by atoms with van der Waals surface area (Å²) in [5, 5.41) is 3.35. The fourth-order valence-corrected chi connectivity index (χ4v) is 1.03. The molecular weight excluding hydrogens is 210 g/mol. The Hall–Kier alpha value is -2.24. The number of rotatable bonds is 3. The van der Waals surface area contributed by atoms with Crippen molar-refractivity contribution in [3.63, 3.8) is 0 Å². The third kappa shape index (κ3) is 2.88. The van der Waals surface area contributed by atoms with E-state index in [0.717, 1.165) is 0 Å². The lowest BCUT2D eigenvalue weighted by Crippen LogP contribution is -2.09. The van der Waals surface area contributed by atoms with Crippen LogP contribution in [0.15, 0.2) is 23.4 Å². The molecule has 0 saturated carbocycles. The van der Waals surface area contributed by atoms with Crippen LogP contribution in [0.5, 0.6) is 5.75 Å². The van der Waals surface area contributed by atoms with Crippen molar-refractivity contribution in [2.45, 2.75) is 6.92 Å². The summed E-state index contributed by atoms with van der Waals surface area (Å²) in [7, 11) is 1.49. The Kier molecular flexibility index (Phi) is 3.71. The van der Waals surface area contributed by atoms with Crippen LogP contribution in [-0.2, 0) is 4.84 Å². The van der Waals surface area contributed by atoms with Gasteiger partial charge in [-0.3, -0.25) is 0 Å². The van der Waals surface area contributed by atoms with Crippen LogP contribution in [0, 0.1) is 0 Å². The van der Waals surface area contributed by atoms with Crippen LogP contribution in [-0.4, -0.2) is 18.9 Å². The average Bonchev–Trinajstić information content (AvgIpc) is 2.25. The summed E-state index contributed by atoms with van der Waals surface area (Å²) in [5.74, 6) is 0.0315. The van der Waals surface area contributed by atoms with Crippen molar-refractivity contribution in [2.75, 3.05) is 12.8 Å². The van der Waals surface area contributed by atoms with Gasteiger partial charge in [0, 0.05) is 0 Å². The highest BCUT2D eigenvalue weighted by Gasteiger charge is 2.09. The van der Waals surface area contributed by atoms with E-state index in [4.69, 9.17) is 16.2 Å². The van der Waals surface area contributed by atoms with Crippen molar-refractivity contribution in [2.24, 2.45) is 10.9 Å². The molecule has 0 spiro atoms. The molecule has 4 N–H and O–H groups in total. The molecule has 6 heteroatoms. The molecule has 0 amide bonds. The number of nitrogens with zero attached hydrogens (tertiary/aromatic N) is 1. The first kappa shape index (κ1) is 11.8. The van der Waals surface area contributed by atoms with Gasteiger partial charge in [0.15, 0.2) is 0 Å². The summed E-state index contributed by atoms with van der Waals surface area (Å²) in [6.45, 7) is 1.51. The third-order valence-corrected chi connectivity index (χ3v) is 1.74. The summed E-state index contributed by atoms with van der Waals surface area (Å²) in [6.07, 6.45) is 0. The quantitative estimate of drug-likeness (QED) is 0.258. The number of hydrogen-bond donors (Lipinski definition) is 2. The Bertz CT molecular complexity index is 425. The molecule has 0 saturated heterocycles. The standard InChI is InChI=1S/C10H13N3O3/c1-6(11)13-16-10(14)7-3-4-9(15-2)8(12)5-7/h3-5H,12H2,1-2H3,(H2,11,13). The number of carbonyl (C=O) groups excluding carboxylic acids is 1. The van der Waals surface area contributed by atoms with E-state index in [2.05, 4.69) is 9.99 Å². The lowest BCUT2D eigenvalue weighted by atomic mass is 10.2. The average molecular weight is 223 g/mol. The molecule has 16 heavy (non-hydrogen) atoms. The van der Waals surface area contributed by atoms with Crippen LogP contribution < -0.4 is 16.2 Å². The maximum absolute atomic E-state index is 11.4. The second-order valence-corrected chi connectivity index (χ2v) is 3.07. The van der Waals surface area contributed by atoms with Crippen LogP contribution in [0.25, 0.3) is 0 Å². The van der Waals surface area contributed by atoms with Gasteiger partial charge in [-0.05, 0) is 25.1 Å². The molecule has 1 aromatic rings. The summed E-state index contributed by atoms with van der Waals surface area (Å²) in [5.41, 5.74) is 11.5. The smallest absolute Gasteiger partial charge is 0.365 e. The first-order valence-electron chi connectivity index (χ1n) is 4.49. The number of ether oxygens (including phenoxy) is 1. The van der Waals surface area contributed by atoms with Crippen LogP contribution in [0.3, 0.4) is 0 Å². The van der Waals surface area contributed by atoms with Crippen molar-refractivity contribution >= 4 is 17.5 Å². The van der Waals surface area contributed by atoms with Crippen LogP contribution in [0.4, 0.5) is 5.69 Å². The van der Waals surface area contributed by atoms with Gasteiger partial charge in [-0.2, -0.15) is 0 Å². The normalized spacial score (nSPS) is 11.0. The van der Waals surface area contributed by atoms with Crippen molar-refractivity contribution in [3.8, 4) is 5.75 Å². The molecular formula is C10H13N3O3. The van der Waals surface area contributed by atoms with E-state index in [-0.39, 0.29) is 11.4 Å². The van der Waals surface area contributed by atoms with Gasteiger partial charge in [-0.25, -0.2) is 4.79 Å². The Morgan fingerprint density at radius 3 is 2.62 bits per heavy atom. The van der Waals surface area contributed by atoms with E-state index in [1.807, 2.05) is 0 Å². The van der Waals surface area contributed by atoms with Crippen LogP contribution >= 0.6 is 0 Å². The minimum absolute atomic E-state index is 0.162. The number of nitrogen functional groups attached to an aromatic ring is 1. The molecule has 0 aliphatic heterocycles. The van der Waals surface area contributed by atoms with Crippen molar-refractivity contribution < 1.29 is 14.4 Å². The van der Waals surface area contributed by atoms with E-state index in [9.17, 15) is 4.79 Å². The molecule has 86 valence electrons. The number of anilines is 1. The van der Waals surface area contributed by atoms with Gasteiger partial charge in [-0.15, -0.1) is 0 Å². The zero-order chi connectivity index (χ0) is 12.1. The van der Waals surface area contributed by atoms with Gasteiger partial charge in [0.25, 0.3) is 0 Å². The Morgan fingerprint density at radius 2 is 2.12 bits per heavy atom. The summed E-state index contributed by atoms with van der Waals surface area (Å²) in [4.78, 5) is 16.0. The highest BCUT2D eigenvalue weighted by molar-refractivity contribution is 5.91. The van der Waals surface area contributed by atoms with E-state index in [1.165, 1.54) is 26.2 Å². The lowest BCUT2D eigenvalue weighted by molar-refractivity contribution is 0.0515. The van der Waals surface area contributed by atoms with Gasteiger partial charge in [0.2, 0.25) is 0 Å². The van der Waals surface area contributed by atoms with Crippen LogP contribution in [0.1, 0.15) is 17.3 Å². The number of oxime groups is 1. The van der Waals surface area contributed by atoms with Crippen molar-refractivity contribution in [1.82, 2.24) is 0 Å². The Balaban J connectivity index is 2.85. The number of nitrogens with two attached hydrogens (primary N) is 2. The zero-order valence-electron chi connectivity index (χ0n) is 9.06. The maximum atomic E-state index is 11.4. The van der Waals surface area contributed by atoms with Gasteiger partial charge in [0.1, 0.15) is 11.6 Å². The molecule has 0 aliphatic carbocycles. The first-order valence-corrected chi connectivity index (χ1v) is 4.49. The number of benzene rings is 1. The van der Waals surface area contributed by atoms with E-state index in [0.29, 0.717) is 11.4 Å². The second-order valence-electron chi connectivity index (χ2n) is 3.07. The molecule has 1 aromatic carbocycles. The SMILES string of the molecule is COc1ccc(C(=O)O/N=C(/C)N)cc1N. The Labute approximate surface area is 92.8 Å². The molecule has 6 nitrogen and oxygen atoms in total. The zero-order valence-corrected chi connectivity index (χ0v) is 9.06. The lowest BCUT2D eigenvalue weighted by Gasteiger charge is -2.05. The van der Waals surface area contributed by atoms with E-state index in [1.54, 1.807) is 6.07 Å². The molecule has 0 aromatic heterocycles. The summed E-state index contributed by atoms with van der Waals surface area (Å²) < 4.78 is 4.95. The van der Waals surface area contributed by atoms with Crippen molar-refractivity contribution in [1.29, 1.82) is 0 Å². The minimum Gasteiger partial charge on any atom is -0.495 e. The molecule has 0 aliphatic rings. The van der Waals surface area contributed by atoms with Gasteiger partial charge < -0.3 is 21.0 Å². The fourth-order valence-electron chi connectivity index (χ4n) is 1.03. The van der Waals surface area contributed by atoms with E-state index < -0.39 is 5.97 Å². The maximum Gasteiger partial charge on any atom is 0.365 e. The minimum atomic E-state index is -0.626. The molecule has 0 bridgehead atoms. The van der Waals surface area contributed by atoms with Gasteiger partial charge in [-0.1, -0.05) is 5.16 Å². The topological polar surface area (TPSA) is 99.9 Å². The number of amidine groups is 1. The molecule has 0 heterocycles. The van der Waals surface area contributed by atoms with Crippen molar-refractivity contribution in [3.05, 3.63) is 23.8 Å². The highest BCUT2D eigenvalue weighted by atomic mass is 16.7. The predicted octanol–water partition coefficient (Wildman–Crippen LogP) is 0.726. The molecule has 0 radical (unpaired) electrons. The molecule has 0 unspecified atom stereocenters. The molecule has 1 rings (SSSR count). The first-order chi connectivity index (χ1) is 7.54. The van der Waals surface area contributed by atoms with Gasteiger partial charge in [0.05, 0.1) is 18.4 Å². The highest BCUT2D eigenvalue weighted by Crippen LogP contribution is 2.22. The number of carbonyl (C=O) groups is 1. The van der Waals surface area contributed by atoms with Gasteiger partial charge >= 0.3 is 5.97 Å². The predicted molar refractivity (Wildman–Crippen MR) is 60.1 cm³/mol. The number of hydrogen-bond acceptors (Lipinski definition) is 5. The summed E-state index contributed by atoms with van der Waals surface area (Å²) >= 11 is 0. The third-order valence-electron chi connectivity index (χ3n) is 1.74.